The van der Waals surface area contributed by atoms with Crippen LogP contribution in [-0.2, 0) is 10.0 Å². The number of rotatable bonds is 6. The summed E-state index contributed by atoms with van der Waals surface area (Å²) in [4.78, 5) is -0.920. The molecule has 0 bridgehead atoms. The van der Waals surface area contributed by atoms with Gasteiger partial charge in [-0.15, -0.1) is 0 Å². The van der Waals surface area contributed by atoms with Crippen LogP contribution in [0.5, 0.6) is 0 Å². The van der Waals surface area contributed by atoms with Crippen LogP contribution in [-0.4, -0.2) is 27.5 Å². The average molecular weight is 276 g/mol. The van der Waals surface area contributed by atoms with E-state index in [-0.39, 0.29) is 6.54 Å². The largest absolute Gasteiger partial charge is 0.313 e. The summed E-state index contributed by atoms with van der Waals surface area (Å²) >= 11 is 0. The SMILES string of the molecule is O=S(=O)(NCCNC1CC1)c1c(F)cccc1F. The van der Waals surface area contributed by atoms with Crippen LogP contribution < -0.4 is 10.0 Å². The van der Waals surface area contributed by atoms with Gasteiger partial charge in [-0.05, 0) is 25.0 Å². The molecule has 0 amide bonds. The number of hydrogen-bond donors (Lipinski definition) is 2. The van der Waals surface area contributed by atoms with Crippen molar-refractivity contribution in [2.75, 3.05) is 13.1 Å². The van der Waals surface area contributed by atoms with Gasteiger partial charge in [-0.2, -0.15) is 0 Å². The maximum Gasteiger partial charge on any atom is 0.246 e. The number of halogens is 2. The normalized spacial score (nSPS) is 15.9. The van der Waals surface area contributed by atoms with Crippen LogP contribution in [0.3, 0.4) is 0 Å². The highest BCUT2D eigenvalue weighted by Gasteiger charge is 2.24. The van der Waals surface area contributed by atoms with Gasteiger partial charge in [-0.1, -0.05) is 6.07 Å². The minimum Gasteiger partial charge on any atom is -0.313 e. The standard InChI is InChI=1S/C11H14F2N2O2S/c12-9-2-1-3-10(13)11(9)18(16,17)15-7-6-14-8-4-5-8/h1-3,8,14-15H,4-7H2. The topological polar surface area (TPSA) is 58.2 Å². The lowest BCUT2D eigenvalue weighted by atomic mass is 10.3. The Morgan fingerprint density at radius 3 is 2.33 bits per heavy atom. The monoisotopic (exact) mass is 276 g/mol. The summed E-state index contributed by atoms with van der Waals surface area (Å²) < 4.78 is 52.2. The molecular weight excluding hydrogens is 262 g/mol. The highest BCUT2D eigenvalue weighted by atomic mass is 32.2. The fraction of sp³-hybridized carbons (Fsp3) is 0.455. The van der Waals surface area contributed by atoms with Gasteiger partial charge in [0.2, 0.25) is 10.0 Å². The number of sulfonamides is 1. The maximum absolute atomic E-state index is 13.3. The number of hydrogen-bond acceptors (Lipinski definition) is 3. The highest BCUT2D eigenvalue weighted by molar-refractivity contribution is 7.89. The molecular formula is C11H14F2N2O2S. The minimum atomic E-state index is -4.14. The summed E-state index contributed by atoms with van der Waals surface area (Å²) in [5.74, 6) is -2.17. The summed E-state index contributed by atoms with van der Waals surface area (Å²) in [6.07, 6.45) is 2.18. The molecule has 1 aromatic carbocycles. The summed E-state index contributed by atoms with van der Waals surface area (Å²) in [7, 11) is -4.14. The Morgan fingerprint density at radius 2 is 1.78 bits per heavy atom. The van der Waals surface area contributed by atoms with Crippen molar-refractivity contribution in [2.24, 2.45) is 0 Å². The molecule has 1 fully saturated rings. The van der Waals surface area contributed by atoms with Crippen molar-refractivity contribution in [3.63, 3.8) is 0 Å². The first-order valence-corrected chi connectivity index (χ1v) is 7.16. The Kier molecular flexibility index (Phi) is 3.94. The van der Waals surface area contributed by atoms with Gasteiger partial charge in [0.1, 0.15) is 11.6 Å². The Morgan fingerprint density at radius 1 is 1.17 bits per heavy atom. The highest BCUT2D eigenvalue weighted by Crippen LogP contribution is 2.19. The van der Waals surface area contributed by atoms with E-state index in [1.807, 2.05) is 0 Å². The van der Waals surface area contributed by atoms with Crippen molar-refractivity contribution in [2.45, 2.75) is 23.8 Å². The fourth-order valence-electron chi connectivity index (χ4n) is 1.56. The second-order valence-corrected chi connectivity index (χ2v) is 5.88. The van der Waals surface area contributed by atoms with Crippen LogP contribution in [0.1, 0.15) is 12.8 Å². The van der Waals surface area contributed by atoms with Gasteiger partial charge in [0, 0.05) is 19.1 Å². The molecule has 0 atom stereocenters. The zero-order chi connectivity index (χ0) is 13.2. The molecule has 0 radical (unpaired) electrons. The van der Waals surface area contributed by atoms with E-state index in [2.05, 4.69) is 10.0 Å². The predicted molar refractivity (Wildman–Crippen MR) is 62.6 cm³/mol. The van der Waals surface area contributed by atoms with Crippen molar-refractivity contribution in [1.82, 2.24) is 10.0 Å². The van der Waals surface area contributed by atoms with Gasteiger partial charge in [0.15, 0.2) is 4.90 Å². The molecule has 0 saturated heterocycles. The second-order valence-electron chi connectivity index (χ2n) is 4.18. The molecule has 7 heteroatoms. The lowest BCUT2D eigenvalue weighted by Gasteiger charge is -2.08. The molecule has 2 N–H and O–H groups in total. The molecule has 18 heavy (non-hydrogen) atoms. The first-order valence-electron chi connectivity index (χ1n) is 5.68. The van der Waals surface area contributed by atoms with Crippen LogP contribution in [0.15, 0.2) is 23.1 Å². The smallest absolute Gasteiger partial charge is 0.246 e. The van der Waals surface area contributed by atoms with Crippen molar-refractivity contribution in [1.29, 1.82) is 0 Å². The van der Waals surface area contributed by atoms with E-state index in [0.717, 1.165) is 31.0 Å². The Bertz CT molecular complexity index is 510. The zero-order valence-electron chi connectivity index (χ0n) is 9.62. The summed E-state index contributed by atoms with van der Waals surface area (Å²) in [6.45, 7) is 0.548. The van der Waals surface area contributed by atoms with Crippen LogP contribution in [0.25, 0.3) is 0 Å². The molecule has 1 aliphatic rings. The van der Waals surface area contributed by atoms with Gasteiger partial charge in [-0.3, -0.25) is 0 Å². The molecule has 1 aliphatic carbocycles. The first kappa shape index (κ1) is 13.4. The summed E-state index contributed by atoms with van der Waals surface area (Å²) in [6, 6.07) is 3.41. The Balaban J connectivity index is 2.00. The zero-order valence-corrected chi connectivity index (χ0v) is 10.4. The van der Waals surface area contributed by atoms with Crippen molar-refractivity contribution < 1.29 is 17.2 Å². The molecule has 0 aromatic heterocycles. The third kappa shape index (κ3) is 3.24. The van der Waals surface area contributed by atoms with Gasteiger partial charge in [-0.25, -0.2) is 21.9 Å². The van der Waals surface area contributed by atoms with Crippen molar-refractivity contribution in [3.8, 4) is 0 Å². The Labute approximate surface area is 104 Å². The molecule has 4 nitrogen and oxygen atoms in total. The number of nitrogens with one attached hydrogen (secondary N) is 2. The van der Waals surface area contributed by atoms with Gasteiger partial charge in [0.05, 0.1) is 0 Å². The van der Waals surface area contributed by atoms with Crippen molar-refractivity contribution >= 4 is 10.0 Å². The van der Waals surface area contributed by atoms with Crippen LogP contribution in [0.2, 0.25) is 0 Å². The third-order valence-electron chi connectivity index (χ3n) is 2.62. The van der Waals surface area contributed by atoms with E-state index < -0.39 is 26.6 Å². The van der Waals surface area contributed by atoms with E-state index in [1.165, 1.54) is 0 Å². The van der Waals surface area contributed by atoms with Gasteiger partial charge < -0.3 is 5.32 Å². The van der Waals surface area contributed by atoms with E-state index >= 15 is 0 Å². The van der Waals surface area contributed by atoms with Crippen LogP contribution >= 0.6 is 0 Å². The van der Waals surface area contributed by atoms with Crippen LogP contribution in [0.4, 0.5) is 8.78 Å². The molecule has 0 aliphatic heterocycles. The first-order chi connectivity index (χ1) is 8.50. The Hall–Kier alpha value is -1.05. The molecule has 0 spiro atoms. The van der Waals surface area contributed by atoms with Crippen molar-refractivity contribution in [3.05, 3.63) is 29.8 Å². The molecule has 100 valence electrons. The van der Waals surface area contributed by atoms with E-state index in [0.29, 0.717) is 12.6 Å². The molecule has 1 saturated carbocycles. The third-order valence-corrected chi connectivity index (χ3v) is 4.13. The molecule has 1 aromatic rings. The lowest BCUT2D eigenvalue weighted by Crippen LogP contribution is -2.33. The molecule has 2 rings (SSSR count). The van der Waals surface area contributed by atoms with Gasteiger partial charge in [0.25, 0.3) is 0 Å². The summed E-state index contributed by atoms with van der Waals surface area (Å²) in [5, 5.41) is 3.10. The quantitative estimate of drug-likeness (QED) is 0.762. The van der Waals surface area contributed by atoms with E-state index in [1.54, 1.807) is 0 Å². The van der Waals surface area contributed by atoms with Gasteiger partial charge >= 0.3 is 0 Å². The molecule has 0 heterocycles. The fourth-order valence-corrected chi connectivity index (χ4v) is 2.73. The second kappa shape index (κ2) is 5.29. The minimum absolute atomic E-state index is 0.104. The maximum atomic E-state index is 13.3. The predicted octanol–water partition coefficient (Wildman–Crippen LogP) is 0.995. The van der Waals surface area contributed by atoms with E-state index in [4.69, 9.17) is 0 Å². The van der Waals surface area contributed by atoms with E-state index in [9.17, 15) is 17.2 Å². The van der Waals surface area contributed by atoms with Crippen LogP contribution in [0, 0.1) is 11.6 Å². The number of benzene rings is 1. The lowest BCUT2D eigenvalue weighted by molar-refractivity contribution is 0.513. The average Bonchev–Trinajstić information content (AvgIpc) is 3.07. The summed E-state index contributed by atoms with van der Waals surface area (Å²) in [5.41, 5.74) is 0. The molecule has 0 unspecified atom stereocenters.